The normalized spacial score (nSPS) is 28.3. The highest BCUT2D eigenvalue weighted by molar-refractivity contribution is 5.86. The van der Waals surface area contributed by atoms with Gasteiger partial charge in [-0.3, -0.25) is 4.79 Å². The first-order valence-electron chi connectivity index (χ1n) is 10.5. The number of amides is 1. The Morgan fingerprint density at radius 3 is 2.56 bits per heavy atom. The molecule has 0 bridgehead atoms. The van der Waals surface area contributed by atoms with Crippen molar-refractivity contribution in [1.29, 1.82) is 0 Å². The number of piperidine rings is 1. The maximum absolute atomic E-state index is 12.9. The second kappa shape index (κ2) is 7.90. The minimum atomic E-state index is -1.25. The number of nitrogens with zero attached hydrogens (tertiary/aromatic N) is 1. The largest absolute Gasteiger partial charge is 0.381 e. The number of aliphatic hydroxyl groups is 1. The lowest BCUT2D eigenvalue weighted by atomic mass is 9.74. The van der Waals surface area contributed by atoms with Gasteiger partial charge in [-0.1, -0.05) is 30.3 Å². The van der Waals surface area contributed by atoms with Crippen LogP contribution in [0.5, 0.6) is 0 Å². The first kappa shape index (κ1) is 18.9. The van der Waals surface area contributed by atoms with Crippen LogP contribution in [0.1, 0.15) is 44.1 Å². The van der Waals surface area contributed by atoms with Gasteiger partial charge in [0.05, 0.1) is 0 Å². The van der Waals surface area contributed by atoms with Crippen LogP contribution >= 0.6 is 0 Å². The number of hydrogen-bond acceptors (Lipinski definition) is 4. The van der Waals surface area contributed by atoms with E-state index in [-0.39, 0.29) is 11.3 Å². The predicted molar refractivity (Wildman–Crippen MR) is 105 cm³/mol. The second-order valence-electron chi connectivity index (χ2n) is 8.69. The molecule has 1 saturated carbocycles. The molecule has 2 heterocycles. The summed E-state index contributed by atoms with van der Waals surface area (Å²) >= 11 is 0. The molecular weight excluding hydrogens is 340 g/mol. The van der Waals surface area contributed by atoms with E-state index in [1.54, 1.807) is 0 Å². The van der Waals surface area contributed by atoms with E-state index in [4.69, 9.17) is 4.74 Å². The van der Waals surface area contributed by atoms with Crippen LogP contribution in [-0.2, 0) is 14.9 Å². The lowest BCUT2D eigenvalue weighted by Gasteiger charge is -2.41. The van der Waals surface area contributed by atoms with E-state index in [9.17, 15) is 9.90 Å². The molecule has 1 atom stereocenters. The molecule has 5 nitrogen and oxygen atoms in total. The van der Waals surface area contributed by atoms with Gasteiger partial charge in [0, 0.05) is 44.8 Å². The fourth-order valence-corrected chi connectivity index (χ4v) is 4.65. The van der Waals surface area contributed by atoms with E-state index in [0.29, 0.717) is 18.9 Å². The Morgan fingerprint density at radius 1 is 1.11 bits per heavy atom. The molecular formula is C22H32N2O3. The van der Waals surface area contributed by atoms with Crippen molar-refractivity contribution in [3.8, 4) is 0 Å². The van der Waals surface area contributed by atoms with E-state index in [1.165, 1.54) is 18.4 Å². The Hall–Kier alpha value is -1.43. The highest BCUT2D eigenvalue weighted by Crippen LogP contribution is 2.35. The van der Waals surface area contributed by atoms with Crippen LogP contribution in [0.3, 0.4) is 0 Å². The maximum Gasteiger partial charge on any atom is 0.255 e. The Bertz CT molecular complexity index is 640. The van der Waals surface area contributed by atoms with Crippen molar-refractivity contribution in [2.45, 2.75) is 49.5 Å². The second-order valence-corrected chi connectivity index (χ2v) is 8.69. The minimum absolute atomic E-state index is 0.0152. The van der Waals surface area contributed by atoms with Crippen LogP contribution in [-0.4, -0.2) is 60.9 Å². The van der Waals surface area contributed by atoms with Gasteiger partial charge in [0.25, 0.3) is 5.91 Å². The van der Waals surface area contributed by atoms with E-state index in [0.717, 1.165) is 52.1 Å². The number of nitrogens with one attached hydrogen (secondary N) is 1. The van der Waals surface area contributed by atoms with Gasteiger partial charge in [0.2, 0.25) is 0 Å². The summed E-state index contributed by atoms with van der Waals surface area (Å²) < 4.78 is 5.60. The number of benzene rings is 1. The average Bonchev–Trinajstić information content (AvgIpc) is 3.51. The summed E-state index contributed by atoms with van der Waals surface area (Å²) in [7, 11) is 0. The quantitative estimate of drug-likeness (QED) is 0.769. The summed E-state index contributed by atoms with van der Waals surface area (Å²) in [6, 6.07) is 10.6. The summed E-state index contributed by atoms with van der Waals surface area (Å²) in [5.41, 5.74) is 0.0791. The third kappa shape index (κ3) is 4.20. The topological polar surface area (TPSA) is 61.8 Å². The van der Waals surface area contributed by atoms with Crippen molar-refractivity contribution < 1.29 is 14.6 Å². The summed E-state index contributed by atoms with van der Waals surface area (Å²) in [5.74, 6) is 0.585. The molecule has 0 spiro atoms. The summed E-state index contributed by atoms with van der Waals surface area (Å²) in [6.45, 7) is 4.24. The maximum atomic E-state index is 12.9. The molecule has 0 unspecified atom stereocenters. The Kier molecular flexibility index (Phi) is 5.53. The van der Waals surface area contributed by atoms with Gasteiger partial charge in [0.15, 0.2) is 5.60 Å². The molecule has 3 aliphatic rings. The van der Waals surface area contributed by atoms with Gasteiger partial charge >= 0.3 is 0 Å². The van der Waals surface area contributed by atoms with Gasteiger partial charge in [-0.05, 0) is 50.0 Å². The number of hydrogen-bond donors (Lipinski definition) is 2. The van der Waals surface area contributed by atoms with Crippen LogP contribution in [0.4, 0.5) is 0 Å². The van der Waals surface area contributed by atoms with E-state index in [1.807, 2.05) is 11.0 Å². The van der Waals surface area contributed by atoms with Gasteiger partial charge < -0.3 is 20.1 Å². The van der Waals surface area contributed by atoms with E-state index < -0.39 is 5.60 Å². The molecule has 1 aromatic carbocycles. The number of likely N-dealkylation sites (tertiary alicyclic amines) is 1. The Balaban J connectivity index is 1.40. The van der Waals surface area contributed by atoms with Gasteiger partial charge in [-0.15, -0.1) is 0 Å². The SMILES string of the molecule is O=C1N(CC2CC2)CCC[C@]1(O)CNCC1(c2ccccc2)CCOCC1. The molecule has 2 N–H and O–H groups in total. The molecule has 1 aromatic rings. The monoisotopic (exact) mass is 372 g/mol. The third-order valence-corrected chi connectivity index (χ3v) is 6.60. The third-order valence-electron chi connectivity index (χ3n) is 6.60. The lowest BCUT2D eigenvalue weighted by Crippen LogP contribution is -2.59. The summed E-state index contributed by atoms with van der Waals surface area (Å²) in [5, 5.41) is 14.5. The zero-order chi connectivity index (χ0) is 18.7. The fraction of sp³-hybridized carbons (Fsp3) is 0.682. The molecule has 27 heavy (non-hydrogen) atoms. The van der Waals surface area contributed by atoms with Crippen LogP contribution in [0.2, 0.25) is 0 Å². The van der Waals surface area contributed by atoms with Crippen LogP contribution < -0.4 is 5.32 Å². The number of rotatable bonds is 7. The molecule has 3 fully saturated rings. The smallest absolute Gasteiger partial charge is 0.255 e. The zero-order valence-electron chi connectivity index (χ0n) is 16.2. The van der Waals surface area contributed by atoms with Gasteiger partial charge in [-0.2, -0.15) is 0 Å². The molecule has 0 aromatic heterocycles. The first-order chi connectivity index (χ1) is 13.1. The molecule has 2 saturated heterocycles. The summed E-state index contributed by atoms with van der Waals surface area (Å²) in [4.78, 5) is 14.8. The highest BCUT2D eigenvalue weighted by atomic mass is 16.5. The predicted octanol–water partition coefficient (Wildman–Crippen LogP) is 2.09. The minimum Gasteiger partial charge on any atom is -0.381 e. The van der Waals surface area contributed by atoms with Crippen LogP contribution in [0.15, 0.2) is 30.3 Å². The standard InChI is InChI=1S/C22H32N2O3/c25-20-22(26,9-4-12-24(20)15-18-7-8-18)17-23-16-21(10-13-27-14-11-21)19-5-2-1-3-6-19/h1-3,5-6,18,23,26H,4,7-17H2/t22-/m0/s1. The first-order valence-corrected chi connectivity index (χ1v) is 10.5. The molecule has 148 valence electrons. The van der Waals surface area contributed by atoms with Crippen molar-refractivity contribution >= 4 is 5.91 Å². The van der Waals surface area contributed by atoms with Crippen molar-refractivity contribution in [3.63, 3.8) is 0 Å². The van der Waals surface area contributed by atoms with Gasteiger partial charge in [0.1, 0.15) is 0 Å². The molecule has 1 amide bonds. The van der Waals surface area contributed by atoms with Crippen molar-refractivity contribution in [2.24, 2.45) is 5.92 Å². The van der Waals surface area contributed by atoms with Gasteiger partial charge in [-0.25, -0.2) is 0 Å². The summed E-state index contributed by atoms with van der Waals surface area (Å²) in [6.07, 6.45) is 5.81. The molecule has 2 aliphatic heterocycles. The number of ether oxygens (including phenoxy) is 1. The van der Waals surface area contributed by atoms with Crippen LogP contribution in [0.25, 0.3) is 0 Å². The van der Waals surface area contributed by atoms with E-state index in [2.05, 4.69) is 29.6 Å². The highest BCUT2D eigenvalue weighted by Gasteiger charge is 2.44. The molecule has 5 heteroatoms. The fourth-order valence-electron chi connectivity index (χ4n) is 4.65. The van der Waals surface area contributed by atoms with Crippen molar-refractivity contribution in [1.82, 2.24) is 10.2 Å². The number of carbonyl (C=O) groups is 1. The zero-order valence-corrected chi connectivity index (χ0v) is 16.2. The van der Waals surface area contributed by atoms with Crippen LogP contribution in [0, 0.1) is 5.92 Å². The molecule has 1 aliphatic carbocycles. The Morgan fingerprint density at radius 2 is 1.85 bits per heavy atom. The Labute approximate surface area is 162 Å². The molecule has 4 rings (SSSR count). The average molecular weight is 373 g/mol. The van der Waals surface area contributed by atoms with E-state index >= 15 is 0 Å². The molecule has 0 radical (unpaired) electrons. The number of carbonyl (C=O) groups excluding carboxylic acids is 1. The van der Waals surface area contributed by atoms with Crippen molar-refractivity contribution in [2.75, 3.05) is 39.4 Å². The van der Waals surface area contributed by atoms with Crippen molar-refractivity contribution in [3.05, 3.63) is 35.9 Å². The lowest BCUT2D eigenvalue weighted by molar-refractivity contribution is -0.156.